The van der Waals surface area contributed by atoms with Gasteiger partial charge in [0.05, 0.1) is 0 Å². The third-order valence-corrected chi connectivity index (χ3v) is 1.81. The van der Waals surface area contributed by atoms with Crippen molar-refractivity contribution in [2.75, 3.05) is 5.32 Å². The molecule has 82 valence electrons. The first-order chi connectivity index (χ1) is 7.04. The molecule has 6 nitrogen and oxygen atoms in total. The zero-order chi connectivity index (χ0) is 11.4. The van der Waals surface area contributed by atoms with E-state index in [0.717, 1.165) is 6.42 Å². The van der Waals surface area contributed by atoms with E-state index in [1.807, 2.05) is 6.92 Å². The van der Waals surface area contributed by atoms with Crippen LogP contribution < -0.4 is 5.32 Å². The molecule has 0 bridgehead atoms. The lowest BCUT2D eigenvalue weighted by molar-refractivity contribution is -0.116. The zero-order valence-corrected chi connectivity index (χ0v) is 8.65. The quantitative estimate of drug-likeness (QED) is 0.773. The number of aromatic nitrogens is 2. The second kappa shape index (κ2) is 4.59. The summed E-state index contributed by atoms with van der Waals surface area (Å²) >= 11 is 0. The van der Waals surface area contributed by atoms with Crippen molar-refractivity contribution in [3.8, 4) is 0 Å². The molecule has 0 atom stereocenters. The number of aromatic carboxylic acids is 1. The third kappa shape index (κ3) is 2.80. The molecule has 1 rings (SSSR count). The van der Waals surface area contributed by atoms with E-state index >= 15 is 0 Å². The molecule has 0 fully saturated rings. The average Bonchev–Trinajstić information content (AvgIpc) is 2.47. The van der Waals surface area contributed by atoms with Gasteiger partial charge in [0.2, 0.25) is 11.7 Å². The SMILES string of the molecule is CCCC(=O)Nc1cn(C)c(C(=O)O)n1. The second-order valence-corrected chi connectivity index (χ2v) is 3.16. The molecule has 0 aliphatic carbocycles. The molecule has 0 aromatic carbocycles. The molecule has 0 radical (unpaired) electrons. The number of rotatable bonds is 4. The molecule has 0 spiro atoms. The van der Waals surface area contributed by atoms with Crippen LogP contribution in [0, 0.1) is 0 Å². The van der Waals surface area contributed by atoms with Gasteiger partial charge in [-0.15, -0.1) is 0 Å². The monoisotopic (exact) mass is 211 g/mol. The number of carbonyl (C=O) groups is 2. The van der Waals surface area contributed by atoms with Gasteiger partial charge < -0.3 is 15.0 Å². The number of carboxylic acid groups (broad SMARTS) is 1. The Morgan fingerprint density at radius 3 is 2.73 bits per heavy atom. The summed E-state index contributed by atoms with van der Waals surface area (Å²) in [5.74, 6) is -1.10. The van der Waals surface area contributed by atoms with E-state index in [2.05, 4.69) is 10.3 Å². The maximum atomic E-state index is 11.2. The van der Waals surface area contributed by atoms with Crippen LogP contribution >= 0.6 is 0 Å². The molecule has 1 aromatic heterocycles. The van der Waals surface area contributed by atoms with E-state index in [1.165, 1.54) is 10.8 Å². The summed E-state index contributed by atoms with van der Waals surface area (Å²) in [4.78, 5) is 25.6. The topological polar surface area (TPSA) is 84.2 Å². The largest absolute Gasteiger partial charge is 0.475 e. The van der Waals surface area contributed by atoms with E-state index in [4.69, 9.17) is 5.11 Å². The molecule has 1 heterocycles. The normalized spacial score (nSPS) is 10.0. The Morgan fingerprint density at radius 2 is 2.27 bits per heavy atom. The first-order valence-corrected chi connectivity index (χ1v) is 4.61. The lowest BCUT2D eigenvalue weighted by Gasteiger charge is -1.97. The fourth-order valence-electron chi connectivity index (χ4n) is 1.16. The van der Waals surface area contributed by atoms with Gasteiger partial charge in [0.1, 0.15) is 0 Å². The van der Waals surface area contributed by atoms with E-state index in [1.54, 1.807) is 7.05 Å². The Hall–Kier alpha value is -1.85. The van der Waals surface area contributed by atoms with Crippen molar-refractivity contribution in [2.45, 2.75) is 19.8 Å². The fraction of sp³-hybridized carbons (Fsp3) is 0.444. The van der Waals surface area contributed by atoms with Crippen LogP contribution in [0.1, 0.15) is 30.4 Å². The van der Waals surface area contributed by atoms with E-state index in [-0.39, 0.29) is 17.5 Å². The molecule has 0 saturated carbocycles. The molecule has 0 aliphatic heterocycles. The van der Waals surface area contributed by atoms with Crippen LogP contribution in [0.2, 0.25) is 0 Å². The summed E-state index contributed by atoms with van der Waals surface area (Å²) in [5.41, 5.74) is 0. The van der Waals surface area contributed by atoms with Crippen LogP contribution in [0.15, 0.2) is 6.20 Å². The Balaban J connectivity index is 2.75. The summed E-state index contributed by atoms with van der Waals surface area (Å²) in [7, 11) is 1.56. The first-order valence-electron chi connectivity index (χ1n) is 4.61. The predicted molar refractivity (Wildman–Crippen MR) is 53.7 cm³/mol. The van der Waals surface area contributed by atoms with Gasteiger partial charge in [0.25, 0.3) is 0 Å². The Bertz CT molecular complexity index is 384. The maximum Gasteiger partial charge on any atom is 0.372 e. The highest BCUT2D eigenvalue weighted by Crippen LogP contribution is 2.07. The molecule has 2 N–H and O–H groups in total. The third-order valence-electron chi connectivity index (χ3n) is 1.81. The van der Waals surface area contributed by atoms with Crippen molar-refractivity contribution >= 4 is 17.7 Å². The summed E-state index contributed by atoms with van der Waals surface area (Å²) in [5, 5.41) is 11.2. The lowest BCUT2D eigenvalue weighted by atomic mass is 10.3. The van der Waals surface area contributed by atoms with Crippen LogP contribution in [0.25, 0.3) is 0 Å². The van der Waals surface area contributed by atoms with E-state index < -0.39 is 5.97 Å². The van der Waals surface area contributed by atoms with Gasteiger partial charge in [-0.2, -0.15) is 0 Å². The Kier molecular flexibility index (Phi) is 3.43. The number of amides is 1. The minimum Gasteiger partial charge on any atom is -0.475 e. The molecule has 0 aliphatic rings. The van der Waals surface area contributed by atoms with Crippen molar-refractivity contribution in [1.82, 2.24) is 9.55 Å². The number of carbonyl (C=O) groups excluding carboxylic acids is 1. The molecule has 0 unspecified atom stereocenters. The Labute approximate surface area is 86.9 Å². The van der Waals surface area contributed by atoms with Crippen molar-refractivity contribution in [3.63, 3.8) is 0 Å². The Morgan fingerprint density at radius 1 is 1.60 bits per heavy atom. The number of nitrogens with one attached hydrogen (secondary N) is 1. The van der Waals surface area contributed by atoms with Crippen LogP contribution in [0.5, 0.6) is 0 Å². The van der Waals surface area contributed by atoms with E-state index in [0.29, 0.717) is 6.42 Å². The van der Waals surface area contributed by atoms with Crippen LogP contribution in [0.4, 0.5) is 5.82 Å². The summed E-state index contributed by atoms with van der Waals surface area (Å²) < 4.78 is 1.35. The smallest absolute Gasteiger partial charge is 0.372 e. The lowest BCUT2D eigenvalue weighted by Crippen LogP contribution is -2.11. The minimum atomic E-state index is -1.12. The van der Waals surface area contributed by atoms with Crippen LogP contribution in [-0.4, -0.2) is 26.5 Å². The number of aryl methyl sites for hydroxylation is 1. The van der Waals surface area contributed by atoms with Crippen molar-refractivity contribution in [1.29, 1.82) is 0 Å². The average molecular weight is 211 g/mol. The van der Waals surface area contributed by atoms with Gasteiger partial charge in [0.15, 0.2) is 5.82 Å². The van der Waals surface area contributed by atoms with Gasteiger partial charge in [0, 0.05) is 19.7 Å². The van der Waals surface area contributed by atoms with Crippen molar-refractivity contribution < 1.29 is 14.7 Å². The zero-order valence-electron chi connectivity index (χ0n) is 8.65. The molecule has 1 aromatic rings. The molecule has 0 saturated heterocycles. The van der Waals surface area contributed by atoms with Gasteiger partial charge >= 0.3 is 5.97 Å². The summed E-state index contributed by atoms with van der Waals surface area (Å²) in [6.07, 6.45) is 2.61. The predicted octanol–water partition coefficient (Wildman–Crippen LogP) is 0.857. The number of nitrogens with zero attached hydrogens (tertiary/aromatic N) is 2. The number of hydrogen-bond acceptors (Lipinski definition) is 3. The minimum absolute atomic E-state index is 0.0956. The highest BCUT2D eigenvalue weighted by molar-refractivity contribution is 5.91. The van der Waals surface area contributed by atoms with Crippen molar-refractivity contribution in [2.24, 2.45) is 7.05 Å². The van der Waals surface area contributed by atoms with Gasteiger partial charge in [-0.1, -0.05) is 6.92 Å². The van der Waals surface area contributed by atoms with Gasteiger partial charge in [-0.05, 0) is 6.42 Å². The van der Waals surface area contributed by atoms with Gasteiger partial charge in [-0.25, -0.2) is 9.78 Å². The van der Waals surface area contributed by atoms with Gasteiger partial charge in [-0.3, -0.25) is 4.79 Å². The molecule has 6 heteroatoms. The molecular formula is C9H13N3O3. The molecule has 15 heavy (non-hydrogen) atoms. The first kappa shape index (κ1) is 11.2. The second-order valence-electron chi connectivity index (χ2n) is 3.16. The number of imidazole rings is 1. The van der Waals surface area contributed by atoms with Crippen molar-refractivity contribution in [3.05, 3.63) is 12.0 Å². The standard InChI is InChI=1S/C9H13N3O3/c1-3-4-7(13)10-6-5-12(2)8(11-6)9(14)15/h5H,3-4H2,1-2H3,(H,10,13)(H,14,15). The van der Waals surface area contributed by atoms with Crippen LogP contribution in [0.3, 0.4) is 0 Å². The molecule has 1 amide bonds. The fourth-order valence-corrected chi connectivity index (χ4v) is 1.16. The number of anilines is 1. The number of hydrogen-bond donors (Lipinski definition) is 2. The highest BCUT2D eigenvalue weighted by Gasteiger charge is 2.13. The number of carboxylic acids is 1. The summed E-state index contributed by atoms with van der Waals surface area (Å²) in [6.45, 7) is 1.89. The molecular weight excluding hydrogens is 198 g/mol. The highest BCUT2D eigenvalue weighted by atomic mass is 16.4. The maximum absolute atomic E-state index is 11.2. The summed E-state index contributed by atoms with van der Waals surface area (Å²) in [6, 6.07) is 0. The van der Waals surface area contributed by atoms with Crippen LogP contribution in [-0.2, 0) is 11.8 Å². The van der Waals surface area contributed by atoms with E-state index in [9.17, 15) is 9.59 Å².